The van der Waals surface area contributed by atoms with Crippen molar-refractivity contribution in [1.82, 2.24) is 9.55 Å². The Morgan fingerprint density at radius 3 is 2.43 bits per heavy atom. The van der Waals surface area contributed by atoms with Crippen LogP contribution in [-0.2, 0) is 32.2 Å². The fourth-order valence-corrected chi connectivity index (χ4v) is 4.81. The number of ether oxygens (including phenoxy) is 2. The molecule has 2 rings (SSSR count). The molecule has 1 aliphatic heterocycles. The number of aldehydes is 1. The van der Waals surface area contributed by atoms with Gasteiger partial charge in [0.15, 0.2) is 6.29 Å². The first kappa shape index (κ1) is 29.6. The summed E-state index contributed by atoms with van der Waals surface area (Å²) in [4.78, 5) is 64.0. The summed E-state index contributed by atoms with van der Waals surface area (Å²) in [5, 5.41) is 29.8. The van der Waals surface area contributed by atoms with Crippen LogP contribution in [0.15, 0.2) is 15.8 Å². The summed E-state index contributed by atoms with van der Waals surface area (Å²) in [6.07, 6.45) is -9.87. The number of carbonyl (C=O) groups excluding carboxylic acids is 1. The van der Waals surface area contributed by atoms with Crippen molar-refractivity contribution in [2.24, 2.45) is 0 Å². The molecule has 2 heterocycles. The van der Waals surface area contributed by atoms with Gasteiger partial charge in [0.1, 0.15) is 30.6 Å². The van der Waals surface area contributed by atoms with Gasteiger partial charge in [-0.15, -0.1) is 0 Å². The molecule has 1 aromatic rings. The minimum Gasteiger partial charge on any atom is -0.391 e. The average Bonchev–Trinajstić information content (AvgIpc) is 3.13. The lowest BCUT2D eigenvalue weighted by molar-refractivity contribution is -0.167. The van der Waals surface area contributed by atoms with Crippen molar-refractivity contribution in [2.75, 3.05) is 6.61 Å². The lowest BCUT2D eigenvalue weighted by atomic mass is 10.0. The Morgan fingerprint density at radius 1 is 1.26 bits per heavy atom. The van der Waals surface area contributed by atoms with E-state index in [-0.39, 0.29) is 18.3 Å². The molecule has 1 fully saturated rings. The van der Waals surface area contributed by atoms with Crippen molar-refractivity contribution in [3.8, 4) is 0 Å². The topological polar surface area (TPSA) is 264 Å². The highest BCUT2D eigenvalue weighted by Crippen LogP contribution is 2.57. The van der Waals surface area contributed by atoms with E-state index < -0.39 is 76.4 Å². The van der Waals surface area contributed by atoms with Crippen molar-refractivity contribution in [3.05, 3.63) is 32.6 Å². The number of aromatic amines is 1. The van der Waals surface area contributed by atoms with Crippen molar-refractivity contribution in [2.45, 2.75) is 63.1 Å². The zero-order valence-electron chi connectivity index (χ0n) is 18.3. The summed E-state index contributed by atoms with van der Waals surface area (Å²) in [5.74, 6) is 0. The second-order valence-corrected chi connectivity index (χ2v) is 10.5. The fourth-order valence-electron chi connectivity index (χ4n) is 3.21. The molecule has 19 heteroatoms. The highest BCUT2D eigenvalue weighted by molar-refractivity contribution is 7.60. The molecule has 1 aliphatic rings. The first-order valence-electron chi connectivity index (χ1n) is 9.91. The normalized spacial score (nSPS) is 26.0. The third-order valence-electron chi connectivity index (χ3n) is 4.89. The molecule has 0 spiro atoms. The first-order chi connectivity index (χ1) is 16.0. The van der Waals surface area contributed by atoms with Crippen molar-refractivity contribution < 1.29 is 62.2 Å². The number of phosphoric ester groups is 1. The number of aryl methyl sites for hydroxylation is 1. The van der Waals surface area contributed by atoms with E-state index in [2.05, 4.69) is 8.83 Å². The summed E-state index contributed by atoms with van der Waals surface area (Å²) >= 11 is 0. The average molecular weight is 548 g/mol. The van der Waals surface area contributed by atoms with Crippen LogP contribution in [0.3, 0.4) is 0 Å². The number of carbonyl (C=O) groups is 1. The first-order valence-corrected chi connectivity index (χ1v) is 12.9. The van der Waals surface area contributed by atoms with Crippen LogP contribution in [0.5, 0.6) is 0 Å². The van der Waals surface area contributed by atoms with Gasteiger partial charge < -0.3 is 44.3 Å². The number of nitrogens with one attached hydrogen (secondary N) is 1. The molecule has 1 saturated heterocycles. The van der Waals surface area contributed by atoms with Crippen LogP contribution in [0, 0.1) is 6.92 Å². The molecule has 0 aromatic carbocycles. The third kappa shape index (κ3) is 8.21. The van der Waals surface area contributed by atoms with Crippen LogP contribution in [0.25, 0.3) is 0 Å². The number of aliphatic hydroxyl groups is 3. The monoisotopic (exact) mass is 548 g/mol. The van der Waals surface area contributed by atoms with Gasteiger partial charge in [-0.3, -0.25) is 18.9 Å². The Labute approximate surface area is 196 Å². The molecule has 1 aromatic heterocycles. The predicted octanol–water partition coefficient (Wildman–Crippen LogP) is -2.59. The molecule has 0 amide bonds. The second-order valence-electron chi connectivity index (χ2n) is 7.68. The fraction of sp³-hybridized carbons (Fsp3) is 0.688. The van der Waals surface area contributed by atoms with Gasteiger partial charge in [0, 0.05) is 18.2 Å². The maximum atomic E-state index is 12.2. The van der Waals surface area contributed by atoms with Crippen molar-refractivity contribution in [3.63, 3.8) is 0 Å². The zero-order chi connectivity index (χ0) is 26.7. The Hall–Kier alpha value is -1.59. The molecular weight excluding hydrogens is 522 g/mol. The lowest BCUT2D eigenvalue weighted by Crippen LogP contribution is -2.49. The number of H-pyrrole nitrogens is 1. The van der Waals surface area contributed by atoms with Gasteiger partial charge in [0.05, 0.1) is 18.8 Å². The zero-order valence-corrected chi connectivity index (χ0v) is 20.1. The maximum absolute atomic E-state index is 12.2. The molecule has 0 aliphatic carbocycles. The molecule has 2 unspecified atom stereocenters. The van der Waals surface area contributed by atoms with E-state index in [1.165, 1.54) is 6.92 Å². The summed E-state index contributed by atoms with van der Waals surface area (Å²) in [5.41, 5.74) is -1.43. The van der Waals surface area contributed by atoms with Gasteiger partial charge >= 0.3 is 21.3 Å². The molecule has 0 radical (unpaired) electrons. The SMILES string of the molecule is Cc1cn([C@@H]2C[C@@H](OC([C@@H](O)[C@H](C)O)[C@@H](O)C=O)[C@H](COP(=O)(O)OP(=O)(O)O)O2)c(=O)[nH]c1=O. The molecule has 35 heavy (non-hydrogen) atoms. The largest absolute Gasteiger partial charge is 0.481 e. The molecule has 200 valence electrons. The number of hydrogen-bond donors (Lipinski definition) is 7. The smallest absolute Gasteiger partial charge is 0.391 e. The van der Waals surface area contributed by atoms with Gasteiger partial charge in [0.2, 0.25) is 0 Å². The van der Waals surface area contributed by atoms with Crippen LogP contribution >= 0.6 is 15.6 Å². The standard InChI is InChI=1S/C16H26N2O15P2/c1-7-4-18(16(24)17-15(7)23)12-3-10(32-14(9(21)5-19)13(22)8(2)20)11(31-12)6-30-35(28,29)33-34(25,26)27/h4-5,8-14,20-22H,3,6H2,1-2H3,(H,28,29)(H,17,23,24)(H2,25,26,27)/t8-,9-,10+,11-,12-,13-,14?/m0/s1. The molecular formula is C16H26N2O15P2. The number of phosphoric acid groups is 2. The van der Waals surface area contributed by atoms with Gasteiger partial charge in [-0.05, 0) is 13.8 Å². The molecule has 7 N–H and O–H groups in total. The summed E-state index contributed by atoms with van der Waals surface area (Å²) in [6, 6.07) is 0. The van der Waals surface area contributed by atoms with E-state index in [0.29, 0.717) is 0 Å². The Bertz CT molecular complexity index is 1100. The number of rotatable bonds is 12. The van der Waals surface area contributed by atoms with Gasteiger partial charge in [-0.1, -0.05) is 0 Å². The van der Waals surface area contributed by atoms with Gasteiger partial charge in [-0.25, -0.2) is 13.9 Å². The quantitative estimate of drug-likeness (QED) is 0.104. The van der Waals surface area contributed by atoms with E-state index in [4.69, 9.17) is 19.3 Å². The summed E-state index contributed by atoms with van der Waals surface area (Å²) in [6.45, 7) is 1.63. The number of aromatic nitrogens is 2. The van der Waals surface area contributed by atoms with Crippen molar-refractivity contribution in [1.29, 1.82) is 0 Å². The molecule has 0 bridgehead atoms. The highest BCUT2D eigenvalue weighted by atomic mass is 31.3. The maximum Gasteiger partial charge on any atom is 0.481 e. The summed E-state index contributed by atoms with van der Waals surface area (Å²) in [7, 11) is -10.7. The lowest BCUT2D eigenvalue weighted by Gasteiger charge is -2.31. The van der Waals surface area contributed by atoms with Crippen LogP contribution in [0.2, 0.25) is 0 Å². The van der Waals surface area contributed by atoms with Crippen LogP contribution < -0.4 is 11.2 Å². The number of nitrogens with zero attached hydrogens (tertiary/aromatic N) is 1. The van der Waals surface area contributed by atoms with E-state index in [1.54, 1.807) is 0 Å². The van der Waals surface area contributed by atoms with Crippen LogP contribution in [0.1, 0.15) is 25.1 Å². The second kappa shape index (κ2) is 11.6. The minimum atomic E-state index is -5.43. The number of aliphatic hydroxyl groups excluding tert-OH is 3. The van der Waals surface area contributed by atoms with E-state index in [9.17, 15) is 43.7 Å². The molecule has 0 saturated carbocycles. The predicted molar refractivity (Wildman–Crippen MR) is 112 cm³/mol. The Morgan fingerprint density at radius 2 is 1.89 bits per heavy atom. The van der Waals surface area contributed by atoms with Crippen LogP contribution in [-0.4, -0.2) is 89.1 Å². The minimum absolute atomic E-state index is 0.0284. The summed E-state index contributed by atoms with van der Waals surface area (Å²) < 4.78 is 43.1. The van der Waals surface area contributed by atoms with E-state index >= 15 is 0 Å². The Kier molecular flexibility index (Phi) is 9.86. The van der Waals surface area contributed by atoms with E-state index in [1.807, 2.05) is 4.98 Å². The highest BCUT2D eigenvalue weighted by Gasteiger charge is 2.44. The number of hydrogen-bond acceptors (Lipinski definition) is 12. The Balaban J connectivity index is 2.35. The van der Waals surface area contributed by atoms with E-state index in [0.717, 1.165) is 17.7 Å². The van der Waals surface area contributed by atoms with Gasteiger partial charge in [-0.2, -0.15) is 4.31 Å². The molecule has 8 atom stereocenters. The molecule has 17 nitrogen and oxygen atoms in total. The van der Waals surface area contributed by atoms with Gasteiger partial charge in [0.25, 0.3) is 5.56 Å². The third-order valence-corrected chi connectivity index (χ3v) is 7.04. The van der Waals surface area contributed by atoms with Crippen LogP contribution in [0.4, 0.5) is 0 Å². The van der Waals surface area contributed by atoms with Crippen molar-refractivity contribution >= 4 is 21.9 Å².